The summed E-state index contributed by atoms with van der Waals surface area (Å²) in [5, 5.41) is 9.81. The Morgan fingerprint density at radius 1 is 1.29 bits per heavy atom. The van der Waals surface area contributed by atoms with Gasteiger partial charge < -0.3 is 14.7 Å². The zero-order valence-corrected chi connectivity index (χ0v) is 15.8. The van der Waals surface area contributed by atoms with Crippen LogP contribution in [0.2, 0.25) is 0 Å². The van der Waals surface area contributed by atoms with Gasteiger partial charge in [0.25, 0.3) is 0 Å². The number of pyridine rings is 1. The topological polar surface area (TPSA) is 62.7 Å². The molecule has 0 bridgehead atoms. The Bertz CT molecular complexity index is 741. The lowest BCUT2D eigenvalue weighted by Gasteiger charge is -2.55. The molecule has 8 heteroatoms. The number of halogens is 3. The number of alkyl halides is 3. The van der Waals surface area contributed by atoms with E-state index in [4.69, 9.17) is 4.74 Å². The second kappa shape index (κ2) is 6.61. The maximum Gasteiger partial charge on any atom is 0.416 e. The minimum atomic E-state index is -4.41. The molecule has 2 saturated carbocycles. The molecule has 1 N–H and O–H groups in total. The number of carbonyl (C=O) groups excluding carboxylic acids is 1. The maximum atomic E-state index is 12.8. The SMILES string of the molecule is CC1(O)CC(C(=O)N2CC3(CCC(Oc4cc(C(F)(F)F)ccn4)CC3)C2)C1. The van der Waals surface area contributed by atoms with Crippen LogP contribution in [0.15, 0.2) is 18.3 Å². The van der Waals surface area contributed by atoms with Crippen LogP contribution >= 0.6 is 0 Å². The Morgan fingerprint density at radius 3 is 2.50 bits per heavy atom. The molecule has 1 spiro atoms. The molecule has 0 atom stereocenters. The van der Waals surface area contributed by atoms with E-state index in [9.17, 15) is 23.1 Å². The van der Waals surface area contributed by atoms with E-state index >= 15 is 0 Å². The van der Waals surface area contributed by atoms with Crippen molar-refractivity contribution in [3.63, 3.8) is 0 Å². The standard InChI is InChI=1S/C20H25F3N2O3/c1-18(27)9-13(10-18)17(26)25-11-19(12-25)5-2-15(3-6-19)28-16-8-14(4-7-24-16)20(21,22)23/h4,7-8,13,15,27H,2-3,5-6,9-12H2,1H3. The quantitative estimate of drug-likeness (QED) is 0.848. The Hall–Kier alpha value is -1.83. The highest BCUT2D eigenvalue weighted by molar-refractivity contribution is 5.81. The van der Waals surface area contributed by atoms with E-state index in [1.165, 1.54) is 0 Å². The number of carbonyl (C=O) groups is 1. The largest absolute Gasteiger partial charge is 0.474 e. The summed E-state index contributed by atoms with van der Waals surface area (Å²) in [4.78, 5) is 18.2. The molecule has 3 aliphatic rings. The summed E-state index contributed by atoms with van der Waals surface area (Å²) in [5.74, 6) is 0.0981. The lowest BCUT2D eigenvalue weighted by Crippen LogP contribution is -2.63. The summed E-state index contributed by atoms with van der Waals surface area (Å²) in [6.07, 6.45) is 0.920. The van der Waals surface area contributed by atoms with E-state index < -0.39 is 17.3 Å². The average Bonchev–Trinajstić information content (AvgIpc) is 2.57. The molecule has 0 aromatic carbocycles. The molecule has 0 radical (unpaired) electrons. The van der Waals surface area contributed by atoms with Crippen molar-refractivity contribution in [1.29, 1.82) is 0 Å². The van der Waals surface area contributed by atoms with Gasteiger partial charge in [-0.1, -0.05) is 0 Å². The van der Waals surface area contributed by atoms with Crippen molar-refractivity contribution < 1.29 is 27.8 Å². The van der Waals surface area contributed by atoms with E-state index in [-0.39, 0.29) is 29.2 Å². The van der Waals surface area contributed by atoms with Gasteiger partial charge in [0.1, 0.15) is 6.10 Å². The van der Waals surface area contributed by atoms with E-state index in [1.807, 2.05) is 4.90 Å². The lowest BCUT2D eigenvalue weighted by atomic mass is 9.66. The first-order valence-electron chi connectivity index (χ1n) is 9.76. The highest BCUT2D eigenvalue weighted by Gasteiger charge is 2.51. The highest BCUT2D eigenvalue weighted by Crippen LogP contribution is 2.47. The van der Waals surface area contributed by atoms with Gasteiger partial charge >= 0.3 is 6.18 Å². The van der Waals surface area contributed by atoms with Gasteiger partial charge in [-0.05, 0) is 51.5 Å². The number of aliphatic hydroxyl groups is 1. The van der Waals surface area contributed by atoms with Crippen LogP contribution in [0.5, 0.6) is 5.88 Å². The molecule has 5 nitrogen and oxygen atoms in total. The van der Waals surface area contributed by atoms with E-state index in [2.05, 4.69) is 4.98 Å². The molecule has 3 fully saturated rings. The number of ether oxygens (including phenoxy) is 1. The molecule has 154 valence electrons. The molecule has 1 saturated heterocycles. The molecule has 4 rings (SSSR count). The minimum absolute atomic E-state index is 0.0122. The second-order valence-corrected chi connectivity index (χ2v) is 8.99. The van der Waals surface area contributed by atoms with Gasteiger partial charge in [0.2, 0.25) is 11.8 Å². The third-order valence-corrected chi connectivity index (χ3v) is 6.43. The number of aromatic nitrogens is 1. The highest BCUT2D eigenvalue weighted by atomic mass is 19.4. The fourth-order valence-corrected chi connectivity index (χ4v) is 4.81. The van der Waals surface area contributed by atoms with Crippen molar-refractivity contribution >= 4 is 5.91 Å². The first-order valence-corrected chi connectivity index (χ1v) is 9.76. The smallest absolute Gasteiger partial charge is 0.416 e. The third-order valence-electron chi connectivity index (χ3n) is 6.43. The summed E-state index contributed by atoms with van der Waals surface area (Å²) in [5.41, 5.74) is -1.34. The second-order valence-electron chi connectivity index (χ2n) is 8.99. The normalized spacial score (nSPS) is 29.9. The lowest BCUT2D eigenvalue weighted by molar-refractivity contribution is -0.164. The van der Waals surface area contributed by atoms with E-state index in [1.54, 1.807) is 6.92 Å². The first-order chi connectivity index (χ1) is 13.1. The Labute approximate surface area is 161 Å². The predicted octanol–water partition coefficient (Wildman–Crippen LogP) is 3.41. The number of hydrogen-bond donors (Lipinski definition) is 1. The number of likely N-dealkylation sites (tertiary alicyclic amines) is 1. The molecule has 28 heavy (non-hydrogen) atoms. The van der Waals surface area contributed by atoms with Gasteiger partial charge in [-0.3, -0.25) is 4.79 Å². The molecular weight excluding hydrogens is 373 g/mol. The van der Waals surface area contributed by atoms with Crippen LogP contribution in [-0.4, -0.2) is 45.7 Å². The molecule has 2 heterocycles. The van der Waals surface area contributed by atoms with Crippen molar-refractivity contribution in [1.82, 2.24) is 9.88 Å². The van der Waals surface area contributed by atoms with E-state index in [0.717, 1.165) is 57.1 Å². The van der Waals surface area contributed by atoms with Gasteiger partial charge in [-0.15, -0.1) is 0 Å². The number of amides is 1. The zero-order valence-electron chi connectivity index (χ0n) is 15.8. The van der Waals surface area contributed by atoms with Crippen LogP contribution < -0.4 is 4.74 Å². The summed E-state index contributed by atoms with van der Waals surface area (Å²) in [6, 6.07) is 1.88. The fraction of sp³-hybridized carbons (Fsp3) is 0.700. The minimum Gasteiger partial charge on any atom is -0.474 e. The predicted molar refractivity (Wildman–Crippen MR) is 94.5 cm³/mol. The van der Waals surface area contributed by atoms with Gasteiger partial charge in [0.05, 0.1) is 11.2 Å². The van der Waals surface area contributed by atoms with Crippen LogP contribution in [-0.2, 0) is 11.0 Å². The van der Waals surface area contributed by atoms with Crippen LogP contribution in [0.3, 0.4) is 0 Å². The van der Waals surface area contributed by atoms with Gasteiger partial charge in [0.15, 0.2) is 0 Å². The van der Waals surface area contributed by atoms with Crippen LogP contribution in [0.25, 0.3) is 0 Å². The third kappa shape index (κ3) is 3.83. The molecule has 1 aromatic rings. The average molecular weight is 398 g/mol. The van der Waals surface area contributed by atoms with Crippen molar-refractivity contribution in [2.75, 3.05) is 13.1 Å². The monoisotopic (exact) mass is 398 g/mol. The van der Waals surface area contributed by atoms with Gasteiger partial charge in [-0.2, -0.15) is 13.2 Å². The molecule has 1 aliphatic heterocycles. The van der Waals surface area contributed by atoms with Crippen LogP contribution in [0.4, 0.5) is 13.2 Å². The van der Waals surface area contributed by atoms with Gasteiger partial charge in [-0.25, -0.2) is 4.98 Å². The molecule has 1 aromatic heterocycles. The maximum absolute atomic E-state index is 12.8. The van der Waals surface area contributed by atoms with Crippen molar-refractivity contribution in [3.05, 3.63) is 23.9 Å². The number of nitrogens with zero attached hydrogens (tertiary/aromatic N) is 2. The summed E-state index contributed by atoms with van der Waals surface area (Å²) < 4.78 is 44.1. The summed E-state index contributed by atoms with van der Waals surface area (Å²) in [6.45, 7) is 3.23. The zero-order chi connectivity index (χ0) is 20.2. The fourth-order valence-electron chi connectivity index (χ4n) is 4.81. The Morgan fingerprint density at radius 2 is 1.93 bits per heavy atom. The van der Waals surface area contributed by atoms with Crippen molar-refractivity contribution in [2.24, 2.45) is 11.3 Å². The molecule has 2 aliphatic carbocycles. The number of rotatable bonds is 3. The number of hydrogen-bond acceptors (Lipinski definition) is 4. The molecule has 1 amide bonds. The van der Waals surface area contributed by atoms with Crippen molar-refractivity contribution in [3.8, 4) is 5.88 Å². The van der Waals surface area contributed by atoms with Gasteiger partial charge in [0, 0.05) is 36.7 Å². The van der Waals surface area contributed by atoms with Crippen LogP contribution in [0, 0.1) is 11.3 Å². The Kier molecular flexibility index (Phi) is 4.60. The van der Waals surface area contributed by atoms with Crippen LogP contribution in [0.1, 0.15) is 51.0 Å². The molecular formula is C20H25F3N2O3. The summed E-state index contributed by atoms with van der Waals surface area (Å²) in [7, 11) is 0. The Balaban J connectivity index is 1.25. The first kappa shape index (κ1) is 19.5. The van der Waals surface area contributed by atoms with E-state index in [0.29, 0.717) is 12.8 Å². The molecule has 0 unspecified atom stereocenters. The van der Waals surface area contributed by atoms with Crippen molar-refractivity contribution in [2.45, 2.75) is 63.3 Å². The summed E-state index contributed by atoms with van der Waals surface area (Å²) >= 11 is 0.